The number of aromatic nitrogens is 2. The van der Waals surface area contributed by atoms with Gasteiger partial charge in [-0.1, -0.05) is 6.07 Å². The Balaban J connectivity index is 2.00. The van der Waals surface area contributed by atoms with Gasteiger partial charge in [-0.05, 0) is 30.7 Å². The zero-order chi connectivity index (χ0) is 14.4. The van der Waals surface area contributed by atoms with Crippen molar-refractivity contribution in [3.8, 4) is 11.5 Å². The van der Waals surface area contributed by atoms with Crippen molar-refractivity contribution in [2.75, 3.05) is 20.3 Å². The lowest BCUT2D eigenvalue weighted by atomic mass is 10.1. The van der Waals surface area contributed by atoms with Crippen LogP contribution in [0, 0.1) is 0 Å². The molecule has 1 aromatic carbocycles. The van der Waals surface area contributed by atoms with Crippen LogP contribution in [0.15, 0.2) is 30.6 Å². The predicted octanol–water partition coefficient (Wildman–Crippen LogP) is 1.55. The smallest absolute Gasteiger partial charge is 0.161 e. The Labute approximate surface area is 119 Å². The van der Waals surface area contributed by atoms with Gasteiger partial charge in [0.1, 0.15) is 5.82 Å². The number of ether oxygens (including phenoxy) is 2. The topological polar surface area (TPSA) is 62.3 Å². The maximum Gasteiger partial charge on any atom is 0.161 e. The first kappa shape index (κ1) is 14.4. The second-order valence-corrected chi connectivity index (χ2v) is 4.58. The maximum atomic E-state index is 5.82. The van der Waals surface area contributed by atoms with Crippen LogP contribution in [0.25, 0.3) is 0 Å². The highest BCUT2D eigenvalue weighted by molar-refractivity contribution is 5.43. The third-order valence-electron chi connectivity index (χ3n) is 3.17. The third-order valence-corrected chi connectivity index (χ3v) is 3.17. The zero-order valence-corrected chi connectivity index (χ0v) is 12.0. The fourth-order valence-corrected chi connectivity index (χ4v) is 2.05. The van der Waals surface area contributed by atoms with Crippen LogP contribution in [0.1, 0.15) is 11.4 Å². The van der Waals surface area contributed by atoms with Crippen LogP contribution in [0.3, 0.4) is 0 Å². The summed E-state index contributed by atoms with van der Waals surface area (Å²) < 4.78 is 13.1. The van der Waals surface area contributed by atoms with Gasteiger partial charge in [0.25, 0.3) is 0 Å². The van der Waals surface area contributed by atoms with Crippen molar-refractivity contribution in [1.82, 2.24) is 9.55 Å². The summed E-state index contributed by atoms with van der Waals surface area (Å²) in [5.41, 5.74) is 6.73. The number of imidazole rings is 1. The quantitative estimate of drug-likeness (QED) is 0.833. The maximum absolute atomic E-state index is 5.82. The Bertz CT molecular complexity index is 552. The lowest BCUT2D eigenvalue weighted by Gasteiger charge is -2.12. The molecule has 0 bridgehead atoms. The van der Waals surface area contributed by atoms with Crippen molar-refractivity contribution in [3.63, 3.8) is 0 Å². The Morgan fingerprint density at radius 1 is 1.25 bits per heavy atom. The number of methoxy groups -OCH3 is 1. The van der Waals surface area contributed by atoms with Gasteiger partial charge in [0.05, 0.1) is 13.7 Å². The van der Waals surface area contributed by atoms with Gasteiger partial charge in [-0.2, -0.15) is 0 Å². The number of hydrogen-bond acceptors (Lipinski definition) is 4. The van der Waals surface area contributed by atoms with E-state index < -0.39 is 0 Å². The Morgan fingerprint density at radius 2 is 2.10 bits per heavy atom. The van der Waals surface area contributed by atoms with Gasteiger partial charge in [-0.25, -0.2) is 4.98 Å². The number of rotatable bonds is 7. The fraction of sp³-hybridized carbons (Fsp3) is 0.400. The molecule has 20 heavy (non-hydrogen) atoms. The molecule has 0 aliphatic carbocycles. The van der Waals surface area contributed by atoms with E-state index in [0.717, 1.165) is 35.7 Å². The highest BCUT2D eigenvalue weighted by Crippen LogP contribution is 2.28. The summed E-state index contributed by atoms with van der Waals surface area (Å²) in [6.07, 6.45) is 5.31. The molecule has 5 nitrogen and oxygen atoms in total. The van der Waals surface area contributed by atoms with Crippen molar-refractivity contribution < 1.29 is 9.47 Å². The molecule has 2 rings (SSSR count). The van der Waals surface area contributed by atoms with Crippen molar-refractivity contribution in [2.24, 2.45) is 12.8 Å². The van der Waals surface area contributed by atoms with Crippen LogP contribution < -0.4 is 15.2 Å². The third kappa shape index (κ3) is 3.51. The van der Waals surface area contributed by atoms with Gasteiger partial charge in [-0.3, -0.25) is 0 Å². The average molecular weight is 275 g/mol. The molecule has 0 saturated carbocycles. The lowest BCUT2D eigenvalue weighted by Crippen LogP contribution is -2.08. The number of benzene rings is 1. The van der Waals surface area contributed by atoms with E-state index >= 15 is 0 Å². The second kappa shape index (κ2) is 6.96. The molecule has 108 valence electrons. The minimum absolute atomic E-state index is 0.563. The van der Waals surface area contributed by atoms with Crippen molar-refractivity contribution in [1.29, 1.82) is 0 Å². The van der Waals surface area contributed by atoms with E-state index in [1.807, 2.05) is 36.0 Å². The SMILES string of the molecule is COc1ccc(CCN)cc1OCCc1nccn1C. The number of nitrogens with two attached hydrogens (primary N) is 1. The molecule has 5 heteroatoms. The van der Waals surface area contributed by atoms with Gasteiger partial charge in [0, 0.05) is 25.9 Å². The van der Waals surface area contributed by atoms with Crippen LogP contribution in [-0.2, 0) is 19.9 Å². The first-order chi connectivity index (χ1) is 9.74. The van der Waals surface area contributed by atoms with Crippen LogP contribution >= 0.6 is 0 Å². The van der Waals surface area contributed by atoms with Crippen LogP contribution in [-0.4, -0.2) is 29.8 Å². The van der Waals surface area contributed by atoms with Gasteiger partial charge in [-0.15, -0.1) is 0 Å². The van der Waals surface area contributed by atoms with E-state index in [0.29, 0.717) is 13.2 Å². The molecule has 0 fully saturated rings. The molecule has 0 radical (unpaired) electrons. The van der Waals surface area contributed by atoms with Gasteiger partial charge >= 0.3 is 0 Å². The predicted molar refractivity (Wildman–Crippen MR) is 78.2 cm³/mol. The monoisotopic (exact) mass is 275 g/mol. The largest absolute Gasteiger partial charge is 0.493 e. The molecule has 0 atom stereocenters. The van der Waals surface area contributed by atoms with Gasteiger partial charge < -0.3 is 19.8 Å². The molecule has 0 amide bonds. The molecular formula is C15H21N3O2. The molecule has 0 aliphatic rings. The molecule has 0 saturated heterocycles. The highest BCUT2D eigenvalue weighted by atomic mass is 16.5. The Kier molecular flexibility index (Phi) is 5.01. The van der Waals surface area contributed by atoms with Gasteiger partial charge in [0.2, 0.25) is 0 Å². The van der Waals surface area contributed by atoms with Crippen LogP contribution in [0.5, 0.6) is 11.5 Å². The summed E-state index contributed by atoms with van der Waals surface area (Å²) in [6, 6.07) is 5.92. The van der Waals surface area contributed by atoms with E-state index in [2.05, 4.69) is 4.98 Å². The average Bonchev–Trinajstić information content (AvgIpc) is 2.85. The fourth-order valence-electron chi connectivity index (χ4n) is 2.05. The second-order valence-electron chi connectivity index (χ2n) is 4.58. The summed E-state index contributed by atoms with van der Waals surface area (Å²) in [5, 5.41) is 0. The van der Waals surface area contributed by atoms with Crippen LogP contribution in [0.2, 0.25) is 0 Å². The zero-order valence-electron chi connectivity index (χ0n) is 12.0. The molecule has 0 aliphatic heterocycles. The minimum Gasteiger partial charge on any atom is -0.493 e. The van der Waals surface area contributed by atoms with Crippen molar-refractivity contribution in [3.05, 3.63) is 42.0 Å². The summed E-state index contributed by atoms with van der Waals surface area (Å²) >= 11 is 0. The molecule has 2 aromatic rings. The normalized spacial score (nSPS) is 10.6. The molecule has 0 unspecified atom stereocenters. The molecule has 1 aromatic heterocycles. The van der Waals surface area contributed by atoms with E-state index in [4.69, 9.17) is 15.2 Å². The highest BCUT2D eigenvalue weighted by Gasteiger charge is 2.07. The summed E-state index contributed by atoms with van der Waals surface area (Å²) in [7, 11) is 3.62. The van der Waals surface area contributed by atoms with Crippen molar-refractivity contribution >= 4 is 0 Å². The summed E-state index contributed by atoms with van der Waals surface area (Å²) in [5.74, 6) is 2.50. The van der Waals surface area contributed by atoms with E-state index in [1.54, 1.807) is 13.3 Å². The van der Waals surface area contributed by atoms with Gasteiger partial charge in [0.15, 0.2) is 11.5 Å². The number of aryl methyl sites for hydroxylation is 1. The minimum atomic E-state index is 0.563. The van der Waals surface area contributed by atoms with E-state index in [-0.39, 0.29) is 0 Å². The lowest BCUT2D eigenvalue weighted by molar-refractivity contribution is 0.294. The number of nitrogens with zero attached hydrogens (tertiary/aromatic N) is 2. The molecule has 0 spiro atoms. The Hall–Kier alpha value is -2.01. The van der Waals surface area contributed by atoms with Crippen LogP contribution in [0.4, 0.5) is 0 Å². The molecular weight excluding hydrogens is 254 g/mol. The molecule has 2 N–H and O–H groups in total. The summed E-state index contributed by atoms with van der Waals surface area (Å²) in [6.45, 7) is 1.19. The van der Waals surface area contributed by atoms with E-state index in [9.17, 15) is 0 Å². The first-order valence-corrected chi connectivity index (χ1v) is 6.70. The molecule has 1 heterocycles. The Morgan fingerprint density at radius 3 is 2.75 bits per heavy atom. The standard InChI is InChI=1S/C15H21N3O2/c1-18-9-8-17-15(18)6-10-20-14-11-12(5-7-16)3-4-13(14)19-2/h3-4,8-9,11H,5-7,10,16H2,1-2H3. The number of hydrogen-bond donors (Lipinski definition) is 1. The first-order valence-electron chi connectivity index (χ1n) is 6.70. The van der Waals surface area contributed by atoms with E-state index in [1.165, 1.54) is 0 Å². The van der Waals surface area contributed by atoms with Crippen molar-refractivity contribution in [2.45, 2.75) is 12.8 Å². The summed E-state index contributed by atoms with van der Waals surface area (Å²) in [4.78, 5) is 4.27.